The molecule has 2 rings (SSSR count). The molecule has 1 aliphatic rings. The van der Waals surface area contributed by atoms with Gasteiger partial charge in [-0.25, -0.2) is 4.98 Å². The van der Waals surface area contributed by atoms with Crippen LogP contribution in [0.15, 0.2) is 24.4 Å². The fourth-order valence-corrected chi connectivity index (χ4v) is 2.18. The van der Waals surface area contributed by atoms with Gasteiger partial charge in [0.1, 0.15) is 11.4 Å². The van der Waals surface area contributed by atoms with Gasteiger partial charge in [0.2, 0.25) is 0 Å². The highest BCUT2D eigenvalue weighted by molar-refractivity contribution is 5.38. The Bertz CT molecular complexity index is 415. The maximum Gasteiger partial charge on any atom is 0.128 e. The number of pyridine rings is 1. The van der Waals surface area contributed by atoms with E-state index in [9.17, 15) is 0 Å². The summed E-state index contributed by atoms with van der Waals surface area (Å²) in [6.07, 6.45) is 1.81. The average molecular weight is 245 g/mol. The number of hydrogen-bond acceptors (Lipinski definition) is 5. The second kappa shape index (κ2) is 5.34. The van der Waals surface area contributed by atoms with Gasteiger partial charge < -0.3 is 10.6 Å². The Morgan fingerprint density at radius 2 is 2.11 bits per heavy atom. The number of piperazine rings is 1. The van der Waals surface area contributed by atoms with E-state index >= 15 is 0 Å². The Morgan fingerprint density at radius 3 is 2.67 bits per heavy atom. The van der Waals surface area contributed by atoms with Crippen molar-refractivity contribution in [3.05, 3.63) is 24.4 Å². The van der Waals surface area contributed by atoms with Crippen LogP contribution in [0.4, 0.5) is 5.82 Å². The summed E-state index contributed by atoms with van der Waals surface area (Å²) >= 11 is 0. The predicted molar refractivity (Wildman–Crippen MR) is 71.1 cm³/mol. The highest BCUT2D eigenvalue weighted by Crippen LogP contribution is 2.13. The molecule has 0 radical (unpaired) electrons. The molecule has 1 unspecified atom stereocenters. The second-order valence-electron chi connectivity index (χ2n) is 4.98. The minimum absolute atomic E-state index is 0.625. The van der Waals surface area contributed by atoms with Crippen molar-refractivity contribution < 1.29 is 0 Å². The topological polar surface area (TPSA) is 69.2 Å². The molecule has 0 amide bonds. The number of hydrogen-bond donors (Lipinski definition) is 1. The van der Waals surface area contributed by atoms with Crippen molar-refractivity contribution >= 4 is 5.82 Å². The van der Waals surface area contributed by atoms with Crippen molar-refractivity contribution in [1.29, 1.82) is 5.26 Å². The predicted octanol–water partition coefficient (Wildman–Crippen LogP) is 0.445. The molecule has 5 nitrogen and oxygen atoms in total. The number of anilines is 1. The molecule has 1 fully saturated rings. The lowest BCUT2D eigenvalue weighted by Gasteiger charge is -2.37. The minimum atomic E-state index is -0.757. The molecule has 0 aromatic carbocycles. The van der Waals surface area contributed by atoms with E-state index in [-0.39, 0.29) is 0 Å². The van der Waals surface area contributed by atoms with Crippen molar-refractivity contribution in [2.24, 2.45) is 5.73 Å². The lowest BCUT2D eigenvalue weighted by molar-refractivity contribution is 0.227. The van der Waals surface area contributed by atoms with Crippen LogP contribution < -0.4 is 10.6 Å². The molecular formula is C13H19N5. The van der Waals surface area contributed by atoms with Crippen molar-refractivity contribution in [3.8, 4) is 6.07 Å². The molecular weight excluding hydrogens is 226 g/mol. The summed E-state index contributed by atoms with van der Waals surface area (Å²) in [6.45, 7) is 6.10. The Morgan fingerprint density at radius 1 is 1.39 bits per heavy atom. The standard InChI is InChI=1S/C13H19N5/c1-13(15,10-14)11-17-6-8-18(9-7-17)12-4-2-3-5-16-12/h2-5H,6-9,11,15H2,1H3. The third-order valence-corrected chi connectivity index (χ3v) is 3.15. The van der Waals surface area contributed by atoms with Gasteiger partial charge in [-0.1, -0.05) is 6.07 Å². The Labute approximate surface area is 108 Å². The van der Waals surface area contributed by atoms with Gasteiger partial charge in [0, 0.05) is 38.9 Å². The van der Waals surface area contributed by atoms with Crippen molar-refractivity contribution in [2.45, 2.75) is 12.5 Å². The molecule has 2 N–H and O–H groups in total. The van der Waals surface area contributed by atoms with E-state index in [2.05, 4.69) is 20.9 Å². The zero-order chi connectivity index (χ0) is 13.0. The first kappa shape index (κ1) is 12.8. The average Bonchev–Trinajstić information content (AvgIpc) is 2.40. The first-order chi connectivity index (χ1) is 8.61. The molecule has 1 aromatic heterocycles. The Hall–Kier alpha value is -1.64. The van der Waals surface area contributed by atoms with Crippen molar-refractivity contribution in [2.75, 3.05) is 37.6 Å². The molecule has 1 aromatic rings. The molecule has 0 bridgehead atoms. The van der Waals surface area contributed by atoms with E-state index in [1.807, 2.05) is 24.4 Å². The zero-order valence-electron chi connectivity index (χ0n) is 10.7. The van der Waals surface area contributed by atoms with Crippen LogP contribution in [0, 0.1) is 11.3 Å². The highest BCUT2D eigenvalue weighted by atomic mass is 15.3. The van der Waals surface area contributed by atoms with E-state index in [4.69, 9.17) is 11.0 Å². The molecule has 96 valence electrons. The van der Waals surface area contributed by atoms with Gasteiger partial charge in [-0.05, 0) is 19.1 Å². The SMILES string of the molecule is CC(N)(C#N)CN1CCN(c2ccccn2)CC1. The largest absolute Gasteiger partial charge is 0.354 e. The molecule has 5 heteroatoms. The number of aromatic nitrogens is 1. The summed E-state index contributed by atoms with van der Waals surface area (Å²) in [7, 11) is 0. The quantitative estimate of drug-likeness (QED) is 0.837. The fourth-order valence-electron chi connectivity index (χ4n) is 2.18. The number of nitrogens with two attached hydrogens (primary N) is 1. The third kappa shape index (κ3) is 3.19. The van der Waals surface area contributed by atoms with Gasteiger partial charge in [-0.15, -0.1) is 0 Å². The van der Waals surface area contributed by atoms with Crippen LogP contribution in [0.25, 0.3) is 0 Å². The summed E-state index contributed by atoms with van der Waals surface area (Å²) in [5, 5.41) is 8.93. The molecule has 0 aliphatic carbocycles. The number of rotatable bonds is 3. The van der Waals surface area contributed by atoms with E-state index in [0.29, 0.717) is 6.54 Å². The molecule has 0 saturated carbocycles. The Kier molecular flexibility index (Phi) is 3.80. The molecule has 18 heavy (non-hydrogen) atoms. The molecule has 2 heterocycles. The van der Waals surface area contributed by atoms with Crippen LogP contribution in [0.3, 0.4) is 0 Å². The summed E-state index contributed by atoms with van der Waals surface area (Å²) in [5.74, 6) is 1.02. The van der Waals surface area contributed by atoms with Crippen LogP contribution >= 0.6 is 0 Å². The zero-order valence-corrected chi connectivity index (χ0v) is 10.7. The van der Waals surface area contributed by atoms with Crippen LogP contribution in [-0.4, -0.2) is 48.1 Å². The minimum Gasteiger partial charge on any atom is -0.354 e. The lowest BCUT2D eigenvalue weighted by Crippen LogP contribution is -2.53. The van der Waals surface area contributed by atoms with Crippen LogP contribution in [0.5, 0.6) is 0 Å². The van der Waals surface area contributed by atoms with E-state index in [1.54, 1.807) is 6.92 Å². The highest BCUT2D eigenvalue weighted by Gasteiger charge is 2.25. The first-order valence-corrected chi connectivity index (χ1v) is 6.19. The second-order valence-corrected chi connectivity index (χ2v) is 4.98. The lowest BCUT2D eigenvalue weighted by atomic mass is 10.1. The van der Waals surface area contributed by atoms with E-state index < -0.39 is 5.54 Å². The van der Waals surface area contributed by atoms with Gasteiger partial charge in [0.15, 0.2) is 0 Å². The maximum absolute atomic E-state index is 8.93. The van der Waals surface area contributed by atoms with Crippen molar-refractivity contribution in [1.82, 2.24) is 9.88 Å². The van der Waals surface area contributed by atoms with Gasteiger partial charge in [-0.3, -0.25) is 4.90 Å². The van der Waals surface area contributed by atoms with Gasteiger partial charge in [-0.2, -0.15) is 5.26 Å². The Balaban J connectivity index is 1.88. The van der Waals surface area contributed by atoms with Crippen LogP contribution in [0.2, 0.25) is 0 Å². The van der Waals surface area contributed by atoms with Crippen LogP contribution in [0.1, 0.15) is 6.92 Å². The van der Waals surface area contributed by atoms with E-state index in [1.165, 1.54) is 0 Å². The number of nitriles is 1. The summed E-state index contributed by atoms with van der Waals surface area (Å²) in [6, 6.07) is 8.09. The smallest absolute Gasteiger partial charge is 0.128 e. The molecule has 0 spiro atoms. The molecule has 1 aliphatic heterocycles. The number of nitrogens with zero attached hydrogens (tertiary/aromatic N) is 4. The normalized spacial score (nSPS) is 20.2. The summed E-state index contributed by atoms with van der Waals surface area (Å²) in [4.78, 5) is 8.85. The maximum atomic E-state index is 8.93. The van der Waals surface area contributed by atoms with E-state index in [0.717, 1.165) is 32.0 Å². The van der Waals surface area contributed by atoms with Crippen molar-refractivity contribution in [3.63, 3.8) is 0 Å². The monoisotopic (exact) mass is 245 g/mol. The molecule has 1 saturated heterocycles. The van der Waals surface area contributed by atoms with Gasteiger partial charge >= 0.3 is 0 Å². The first-order valence-electron chi connectivity index (χ1n) is 6.19. The fraction of sp³-hybridized carbons (Fsp3) is 0.538. The van der Waals surface area contributed by atoms with Gasteiger partial charge in [0.05, 0.1) is 6.07 Å². The third-order valence-electron chi connectivity index (χ3n) is 3.15. The summed E-state index contributed by atoms with van der Waals surface area (Å²) < 4.78 is 0. The van der Waals surface area contributed by atoms with Crippen LogP contribution in [-0.2, 0) is 0 Å². The molecule has 1 atom stereocenters. The summed E-state index contributed by atoms with van der Waals surface area (Å²) in [5.41, 5.74) is 5.11. The van der Waals surface area contributed by atoms with Gasteiger partial charge in [0.25, 0.3) is 0 Å².